The summed E-state index contributed by atoms with van der Waals surface area (Å²) in [5.41, 5.74) is -0.921. The van der Waals surface area contributed by atoms with Gasteiger partial charge in [0.2, 0.25) is 0 Å². The first-order chi connectivity index (χ1) is 15.5. The summed E-state index contributed by atoms with van der Waals surface area (Å²) in [5.74, 6) is 0. The molecule has 4 nitrogen and oxygen atoms in total. The molecule has 2 heterocycles. The molecule has 34 heavy (non-hydrogen) atoms. The van der Waals surface area contributed by atoms with Crippen molar-refractivity contribution in [1.29, 1.82) is 0 Å². The molecule has 0 atom stereocenters. The second-order valence-electron chi connectivity index (χ2n) is 8.40. The molecule has 0 aromatic heterocycles. The Bertz CT molecular complexity index is 880. The van der Waals surface area contributed by atoms with Crippen LogP contribution in [-0.4, -0.2) is 59.5 Å². The van der Waals surface area contributed by atoms with E-state index >= 15 is 0 Å². The van der Waals surface area contributed by atoms with E-state index in [9.17, 15) is 44.3 Å². The van der Waals surface area contributed by atoms with Crippen LogP contribution in [0.4, 0.5) is 44.3 Å². The van der Waals surface area contributed by atoms with Crippen molar-refractivity contribution in [2.45, 2.75) is 62.4 Å². The maximum atomic E-state index is 12.9. The number of rotatable bonds is 3. The summed E-state index contributed by atoms with van der Waals surface area (Å²) < 4.78 is 119. The van der Waals surface area contributed by atoms with Crippen LogP contribution in [0.25, 0.3) is 0 Å². The van der Waals surface area contributed by atoms with E-state index in [0.717, 1.165) is 17.4 Å². The van der Waals surface area contributed by atoms with Crippen molar-refractivity contribution in [3.05, 3.63) is 34.3 Å². The highest BCUT2D eigenvalue weighted by atomic mass is 35.5. The van der Waals surface area contributed by atoms with Crippen molar-refractivity contribution in [3.8, 4) is 0 Å². The molecule has 1 spiro atoms. The van der Waals surface area contributed by atoms with E-state index in [0.29, 0.717) is 18.5 Å². The van der Waals surface area contributed by atoms with Crippen LogP contribution >= 0.6 is 11.6 Å². The fourth-order valence-electron chi connectivity index (χ4n) is 4.51. The van der Waals surface area contributed by atoms with Crippen LogP contribution in [0.1, 0.15) is 36.8 Å². The zero-order chi connectivity index (χ0) is 25.5. The number of alkyl halides is 9. The van der Waals surface area contributed by atoms with Gasteiger partial charge in [-0.05, 0) is 49.9 Å². The van der Waals surface area contributed by atoms with E-state index in [4.69, 9.17) is 11.6 Å². The van der Waals surface area contributed by atoms with E-state index < -0.39 is 46.9 Å². The quantitative estimate of drug-likeness (QED) is 0.426. The number of piperidine rings is 1. The zero-order valence-corrected chi connectivity index (χ0v) is 18.2. The van der Waals surface area contributed by atoms with Gasteiger partial charge in [-0.3, -0.25) is 4.90 Å². The molecule has 0 aliphatic carbocycles. The lowest BCUT2D eigenvalue weighted by molar-refractivity contribution is -0.308. The van der Waals surface area contributed by atoms with Crippen molar-refractivity contribution < 1.29 is 49.0 Å². The summed E-state index contributed by atoms with van der Waals surface area (Å²) in [6.07, 6.45) is -20.2. The lowest BCUT2D eigenvalue weighted by atomic mass is 9.85. The molecule has 0 radical (unpaired) electrons. The number of likely N-dealkylation sites (tertiary alicyclic amines) is 2. The van der Waals surface area contributed by atoms with E-state index in [1.54, 1.807) is 0 Å². The van der Waals surface area contributed by atoms with Crippen LogP contribution < -0.4 is 0 Å². The molecule has 14 heteroatoms. The van der Waals surface area contributed by atoms with Gasteiger partial charge in [0.15, 0.2) is 0 Å². The Labute approximate surface area is 193 Å². The van der Waals surface area contributed by atoms with Crippen molar-refractivity contribution >= 4 is 17.7 Å². The number of hydrogen-bond donors (Lipinski definition) is 0. The van der Waals surface area contributed by atoms with Crippen molar-refractivity contribution in [2.24, 2.45) is 0 Å². The first kappa shape index (κ1) is 26.7. The lowest BCUT2D eigenvalue weighted by Gasteiger charge is -2.45. The molecule has 2 aliphatic heterocycles. The van der Waals surface area contributed by atoms with Crippen molar-refractivity contribution in [1.82, 2.24) is 9.80 Å². The molecule has 0 N–H and O–H groups in total. The smallest absolute Gasteiger partial charge is 0.426 e. The summed E-state index contributed by atoms with van der Waals surface area (Å²) >= 11 is 5.78. The molecule has 0 unspecified atom stereocenters. The van der Waals surface area contributed by atoms with Gasteiger partial charge >= 0.3 is 24.6 Å². The Kier molecular flexibility index (Phi) is 7.30. The fourth-order valence-corrected chi connectivity index (χ4v) is 4.82. The van der Waals surface area contributed by atoms with E-state index in [1.807, 2.05) is 4.90 Å². The summed E-state index contributed by atoms with van der Waals surface area (Å²) in [5, 5.41) is -0.445. The van der Waals surface area contributed by atoms with Gasteiger partial charge in [0, 0.05) is 25.2 Å². The Hall–Kier alpha value is -1.89. The first-order valence-corrected chi connectivity index (χ1v) is 10.6. The standard InChI is InChI=1S/C20H20ClF9N2O2/c21-14-10-12(2-3-13(14)18(22,23)24)11-32-7-1-4-17(32)5-8-31(9-6-17)16(33)34-15(19(25,26)27)20(28,29)30/h2-3,10,15H,1,4-9,11H2. The SMILES string of the molecule is O=C(OC(C(F)(F)F)C(F)(F)F)N1CCC2(CCCN2Cc2ccc(C(F)(F)F)c(Cl)c2)CC1. The van der Waals surface area contributed by atoms with Gasteiger partial charge in [-0.1, -0.05) is 17.7 Å². The second-order valence-corrected chi connectivity index (χ2v) is 8.80. The van der Waals surface area contributed by atoms with Crippen LogP contribution in [0.15, 0.2) is 18.2 Å². The number of ether oxygens (including phenoxy) is 1. The largest absolute Gasteiger partial charge is 0.434 e. The third kappa shape index (κ3) is 5.84. The molecule has 3 rings (SSSR count). The number of nitrogens with zero attached hydrogens (tertiary/aromatic N) is 2. The van der Waals surface area contributed by atoms with Crippen molar-refractivity contribution in [2.75, 3.05) is 19.6 Å². The molecule has 1 aromatic carbocycles. The van der Waals surface area contributed by atoms with Gasteiger partial charge in [-0.2, -0.15) is 39.5 Å². The average Bonchev–Trinajstić information content (AvgIpc) is 3.05. The van der Waals surface area contributed by atoms with Gasteiger partial charge in [0.25, 0.3) is 6.10 Å². The van der Waals surface area contributed by atoms with Gasteiger partial charge in [0.05, 0.1) is 10.6 Å². The topological polar surface area (TPSA) is 32.8 Å². The molecule has 2 saturated heterocycles. The number of benzene rings is 1. The molecule has 0 bridgehead atoms. The molecule has 1 aromatic rings. The number of amides is 1. The highest BCUT2D eigenvalue weighted by Gasteiger charge is 2.60. The van der Waals surface area contributed by atoms with Crippen LogP contribution in [0.3, 0.4) is 0 Å². The predicted octanol–water partition coefficient (Wildman–Crippen LogP) is 6.42. The summed E-state index contributed by atoms with van der Waals surface area (Å²) in [6.45, 7) is 0.608. The summed E-state index contributed by atoms with van der Waals surface area (Å²) in [4.78, 5) is 14.8. The molecule has 2 fully saturated rings. The zero-order valence-electron chi connectivity index (χ0n) is 17.5. The minimum atomic E-state index is -5.80. The third-order valence-corrected chi connectivity index (χ3v) is 6.53. The maximum Gasteiger partial charge on any atom is 0.434 e. The molecule has 2 aliphatic rings. The van der Waals surface area contributed by atoms with Crippen LogP contribution in [0.2, 0.25) is 5.02 Å². The van der Waals surface area contributed by atoms with Crippen LogP contribution in [0, 0.1) is 0 Å². The number of carbonyl (C=O) groups is 1. The number of carbonyl (C=O) groups excluding carboxylic acids is 1. The molecular formula is C20H20ClF9N2O2. The molecule has 0 saturated carbocycles. The normalized spacial score (nSPS) is 19.8. The maximum absolute atomic E-state index is 12.9. The van der Waals surface area contributed by atoms with Gasteiger partial charge in [-0.15, -0.1) is 0 Å². The Morgan fingerprint density at radius 2 is 1.56 bits per heavy atom. The molecule has 192 valence electrons. The Morgan fingerprint density at radius 1 is 0.971 bits per heavy atom. The minimum Gasteiger partial charge on any atom is -0.426 e. The predicted molar refractivity (Wildman–Crippen MR) is 102 cm³/mol. The Morgan fingerprint density at radius 3 is 2.06 bits per heavy atom. The van der Waals surface area contributed by atoms with Crippen LogP contribution in [-0.2, 0) is 17.5 Å². The second kappa shape index (κ2) is 9.29. The summed E-state index contributed by atoms with van der Waals surface area (Å²) in [7, 11) is 0. The fraction of sp³-hybridized carbons (Fsp3) is 0.650. The van der Waals surface area contributed by atoms with Crippen molar-refractivity contribution in [3.63, 3.8) is 0 Å². The minimum absolute atomic E-state index is 0.120. The average molecular weight is 527 g/mol. The van der Waals surface area contributed by atoms with Gasteiger partial charge in [-0.25, -0.2) is 4.79 Å². The molecule has 1 amide bonds. The van der Waals surface area contributed by atoms with E-state index in [1.165, 1.54) is 12.1 Å². The van der Waals surface area contributed by atoms with Crippen LogP contribution in [0.5, 0.6) is 0 Å². The Balaban J connectivity index is 1.65. The van der Waals surface area contributed by atoms with E-state index in [-0.39, 0.29) is 32.5 Å². The highest BCUT2D eigenvalue weighted by Crippen LogP contribution is 2.41. The molecular weight excluding hydrogens is 507 g/mol. The van der Waals surface area contributed by atoms with Gasteiger partial charge < -0.3 is 9.64 Å². The van der Waals surface area contributed by atoms with Gasteiger partial charge in [0.1, 0.15) is 0 Å². The monoisotopic (exact) mass is 526 g/mol. The number of halogens is 10. The highest BCUT2D eigenvalue weighted by molar-refractivity contribution is 6.31. The first-order valence-electron chi connectivity index (χ1n) is 10.2. The van der Waals surface area contributed by atoms with E-state index in [2.05, 4.69) is 4.74 Å². The summed E-state index contributed by atoms with van der Waals surface area (Å²) in [6, 6.07) is 3.41. The number of hydrogen-bond acceptors (Lipinski definition) is 3. The third-order valence-electron chi connectivity index (χ3n) is 6.22. The lowest BCUT2D eigenvalue weighted by Crippen LogP contribution is -2.54.